The zero-order chi connectivity index (χ0) is 17.2. The number of ether oxygens (including phenoxy) is 2. The van der Waals surface area contributed by atoms with Crippen LogP contribution in [0.2, 0.25) is 0 Å². The number of nitrogens with zero attached hydrogens (tertiary/aromatic N) is 2. The van der Waals surface area contributed by atoms with E-state index < -0.39 is 0 Å². The largest absolute Gasteiger partial charge is 0.391 e. The van der Waals surface area contributed by atoms with Crippen molar-refractivity contribution in [3.63, 3.8) is 0 Å². The summed E-state index contributed by atoms with van der Waals surface area (Å²) in [5.41, 5.74) is 0. The average Bonchev–Trinajstić information content (AvgIpc) is 2.57. The van der Waals surface area contributed by atoms with Crippen molar-refractivity contribution in [2.75, 3.05) is 85.4 Å². The molecule has 0 atom stereocenters. The normalized spacial score (nSPS) is 20.2. The number of ketones is 1. The van der Waals surface area contributed by atoms with Crippen LogP contribution < -0.4 is 0 Å². The van der Waals surface area contributed by atoms with Crippen molar-refractivity contribution in [3.8, 4) is 0 Å². The van der Waals surface area contributed by atoms with Gasteiger partial charge in [0.05, 0.1) is 46.1 Å². The van der Waals surface area contributed by atoms with Crippen molar-refractivity contribution < 1.29 is 93.8 Å². The zero-order valence-electron chi connectivity index (χ0n) is 16.4. The topological polar surface area (TPSA) is 55.8 Å². The van der Waals surface area contributed by atoms with Gasteiger partial charge >= 0.3 is 0 Å². The molecule has 26 heavy (non-hydrogen) atoms. The number of carbonyl (C=O) groups is 1. The maximum atomic E-state index is 11.0. The zero-order valence-corrected chi connectivity index (χ0v) is 22.1. The van der Waals surface area contributed by atoms with Gasteiger partial charge in [0.25, 0.3) is 0 Å². The van der Waals surface area contributed by atoms with E-state index in [0.717, 1.165) is 81.2 Å². The number of aliphatic hydroxyl groups is 1. The van der Waals surface area contributed by atoms with E-state index in [1.165, 1.54) is 0 Å². The fourth-order valence-electron chi connectivity index (χ4n) is 3.43. The Bertz CT molecular complexity index is 343. The van der Waals surface area contributed by atoms with Crippen LogP contribution in [0.5, 0.6) is 0 Å². The number of hydrogen-bond acceptors (Lipinski definition) is 4. The number of morpholine rings is 2. The van der Waals surface area contributed by atoms with Crippen LogP contribution in [-0.4, -0.2) is 105 Å². The molecule has 0 unspecified atom stereocenters. The third-order valence-electron chi connectivity index (χ3n) is 5.31. The Labute approximate surface area is 211 Å². The van der Waals surface area contributed by atoms with Gasteiger partial charge in [0.2, 0.25) is 0 Å². The Balaban J connectivity index is -0.000000366. The first-order chi connectivity index (χ1) is 11.0. The molecule has 0 aromatic rings. The monoisotopic (exact) mass is 526 g/mol. The summed E-state index contributed by atoms with van der Waals surface area (Å²) in [5, 5.41) is 8.86. The predicted octanol–water partition coefficient (Wildman–Crippen LogP) is 0.919. The van der Waals surface area contributed by atoms with Crippen molar-refractivity contribution in [3.05, 3.63) is 0 Å². The molecule has 6 nitrogen and oxygen atoms in total. The maximum absolute atomic E-state index is 11.0. The molecule has 0 amide bonds. The van der Waals surface area contributed by atoms with Crippen LogP contribution in [0.3, 0.4) is 0 Å². The van der Waals surface area contributed by atoms with E-state index >= 15 is 0 Å². The molecule has 0 aromatic carbocycles. The van der Waals surface area contributed by atoms with E-state index in [0.29, 0.717) is 18.9 Å². The van der Waals surface area contributed by atoms with Crippen LogP contribution in [0.15, 0.2) is 0 Å². The van der Waals surface area contributed by atoms with Crippen LogP contribution in [0, 0.1) is 0 Å². The third-order valence-corrected chi connectivity index (χ3v) is 5.31. The van der Waals surface area contributed by atoms with Crippen molar-refractivity contribution in [2.45, 2.75) is 28.2 Å². The Morgan fingerprint density at radius 3 is 1.58 bits per heavy atom. The van der Waals surface area contributed by atoms with Crippen LogP contribution >= 0.6 is 0 Å². The molecule has 2 fully saturated rings. The molecule has 150 valence electrons. The number of carbonyl (C=O) groups excluding carboxylic acids is 1. The first-order valence-electron chi connectivity index (χ1n) is 8.97. The van der Waals surface area contributed by atoms with Crippen LogP contribution in [0.4, 0.5) is 0 Å². The number of hydrogen-bond donors (Lipinski definition) is 1. The average molecular weight is 526 g/mol. The first-order valence-corrected chi connectivity index (χ1v) is 8.97. The minimum atomic E-state index is 0. The summed E-state index contributed by atoms with van der Waals surface area (Å²) in [5.74, 6) is 0.291. The van der Waals surface area contributed by atoms with Gasteiger partial charge in [-0.15, -0.1) is 0 Å². The molecule has 2 aliphatic rings. The molecule has 2 aliphatic heterocycles. The minimum Gasteiger partial charge on any atom is -0.391 e. The summed E-state index contributed by atoms with van der Waals surface area (Å²) in [6, 6.07) is 0. The summed E-state index contributed by atoms with van der Waals surface area (Å²) in [7, 11) is 0. The minimum absolute atomic E-state index is 0. The second-order valence-corrected chi connectivity index (χ2v) is 6.74. The molecule has 0 aromatic heterocycles. The SMILES string of the molecule is C.CC[N+]1(CC(C)=O)CCOCC1.CC[N+]1(CCO)CCOCC1.[Y].[Y]. The van der Waals surface area contributed by atoms with Gasteiger partial charge in [-0.3, -0.25) is 4.79 Å². The Kier molecular flexibility index (Phi) is 21.8. The first kappa shape index (κ1) is 32.3. The molecule has 2 saturated heterocycles. The summed E-state index contributed by atoms with van der Waals surface area (Å²) < 4.78 is 12.5. The quantitative estimate of drug-likeness (QED) is 0.524. The van der Waals surface area contributed by atoms with Gasteiger partial charge < -0.3 is 23.5 Å². The second kappa shape index (κ2) is 17.5. The van der Waals surface area contributed by atoms with Crippen molar-refractivity contribution >= 4 is 5.78 Å². The maximum Gasteiger partial charge on any atom is 0.183 e. The number of Topliss-reactive ketones (excluding diaryl/α,β-unsaturated/α-hetero) is 1. The van der Waals surface area contributed by atoms with Crippen LogP contribution in [0.25, 0.3) is 0 Å². The number of likely N-dealkylation sites (N-methyl/N-ethyl adjacent to an activating group) is 2. The molecular weight excluding hydrogens is 486 g/mol. The van der Waals surface area contributed by atoms with E-state index in [9.17, 15) is 4.79 Å². The fraction of sp³-hybridized carbons (Fsp3) is 0.944. The molecule has 0 saturated carbocycles. The van der Waals surface area contributed by atoms with Gasteiger partial charge in [0.1, 0.15) is 39.3 Å². The van der Waals surface area contributed by atoms with Gasteiger partial charge in [-0.1, -0.05) is 7.43 Å². The van der Waals surface area contributed by atoms with Gasteiger partial charge in [0.15, 0.2) is 5.78 Å². The Morgan fingerprint density at radius 1 is 0.885 bits per heavy atom. The van der Waals surface area contributed by atoms with E-state index in [4.69, 9.17) is 14.6 Å². The van der Waals surface area contributed by atoms with Crippen LogP contribution in [-0.2, 0) is 79.7 Å². The Morgan fingerprint density at radius 2 is 1.27 bits per heavy atom. The third kappa shape index (κ3) is 11.6. The fourth-order valence-corrected chi connectivity index (χ4v) is 3.43. The van der Waals surface area contributed by atoms with Crippen molar-refractivity contribution in [2.24, 2.45) is 0 Å². The van der Waals surface area contributed by atoms with Gasteiger partial charge in [-0.25, -0.2) is 0 Å². The van der Waals surface area contributed by atoms with E-state index in [1.54, 1.807) is 6.92 Å². The molecule has 2 heterocycles. The molecular formula is C18H40N2O4Y2+2. The molecule has 0 spiro atoms. The summed E-state index contributed by atoms with van der Waals surface area (Å²) in [6.07, 6.45) is 0. The van der Waals surface area contributed by atoms with E-state index in [-0.39, 0.29) is 72.8 Å². The molecule has 0 aliphatic carbocycles. The predicted molar refractivity (Wildman–Crippen MR) is 96.9 cm³/mol. The van der Waals surface area contributed by atoms with E-state index in [2.05, 4.69) is 13.8 Å². The number of aliphatic hydroxyl groups excluding tert-OH is 1. The van der Waals surface area contributed by atoms with Crippen molar-refractivity contribution in [1.29, 1.82) is 0 Å². The summed E-state index contributed by atoms with van der Waals surface area (Å²) in [6.45, 7) is 17.5. The summed E-state index contributed by atoms with van der Waals surface area (Å²) >= 11 is 0. The van der Waals surface area contributed by atoms with E-state index in [1.807, 2.05) is 0 Å². The van der Waals surface area contributed by atoms with Gasteiger partial charge in [0, 0.05) is 72.3 Å². The molecule has 2 radical (unpaired) electrons. The summed E-state index contributed by atoms with van der Waals surface area (Å²) in [4.78, 5) is 11.0. The molecule has 2 rings (SSSR count). The van der Waals surface area contributed by atoms with Gasteiger partial charge in [-0.05, 0) is 13.8 Å². The molecule has 8 heteroatoms. The smallest absolute Gasteiger partial charge is 0.183 e. The van der Waals surface area contributed by atoms with Gasteiger partial charge in [-0.2, -0.15) is 0 Å². The molecule has 0 bridgehead atoms. The molecule has 1 N–H and O–H groups in total. The second-order valence-electron chi connectivity index (χ2n) is 6.74. The number of quaternary nitrogens is 2. The standard InChI is InChI=1S/C9H18NO2.C8H18NO2.CH4.2Y/c1-3-10(8-9(2)11)4-6-12-7-5-10;1-2-9(3-6-10)4-7-11-8-5-9;;;/h3-8H2,1-2H3;10H,2-8H2,1H3;1H4;;/q2*+1;;;. The van der Waals surface area contributed by atoms with Crippen molar-refractivity contribution in [1.82, 2.24) is 0 Å². The number of rotatable bonds is 6. The van der Waals surface area contributed by atoms with Crippen LogP contribution in [0.1, 0.15) is 28.2 Å². The Hall–Kier alpha value is 1.68.